The molecule has 742 valence electrons. The standard InChI is InChI=1S/C89H140N24O21/c1-4-5-30-63(101-85(129)70(53-114)107-84(128)69(49-90)106-81(125)65(36-38-72(91)118)102-87(131)78(56(3)116)108-76(121)51-98-77(122)54-134-45-44-133-43-42-95-74(119)35-21-16-14-12-10-8-6-7-9-11-13-15-20-34-73-109-111-112-110-73)79(123)103-66-37-39-75(120)94-40-25-24-31-61(55(2)115)99-83(127)68(47-58-50-97-62-32-23-22-29-60(58)62)104-80(124)64(33-26-41-96-89(92)93)100-82(126)67(46-57-27-18-17-19-28-57)105-86(130)71-48-59(117)52-113(71)88(66)132/h17-19,22-23,27-29,32,50,56,59,61,63-71,78,97,114,116-117H,4-16,20-21,24-26,30-31,33-49,51-54,90H2,1-3H3,(H2,91,118)(H,94,120)(H,95,119)(H,98,122)(H,99,127)(H,100,126)(H,101,129)(H,102,131)(H,103,123)(H,104,124)(H,105,130)(H,106,125)(H,107,128)(H,108,121)(H4,92,93,96)(H,109,110,111,112)/t56-,59-,61+,63+,64+,65+,66+,67-,68+,69+,70+,71+,78+/m1/s1. The van der Waals surface area contributed by atoms with Crippen molar-refractivity contribution in [2.75, 3.05) is 72.3 Å². The first-order chi connectivity index (χ1) is 64.4. The molecular weight excluding hydrogens is 1740 g/mol. The van der Waals surface area contributed by atoms with Crippen molar-refractivity contribution in [3.63, 3.8) is 0 Å². The number of nitrogens with zero attached hydrogens (tertiary/aromatic N) is 4. The number of nitrogens with two attached hydrogens (primary N) is 3. The second-order valence-corrected chi connectivity index (χ2v) is 33.8. The van der Waals surface area contributed by atoms with Gasteiger partial charge in [-0.25, -0.2) is 5.10 Å². The number of amides is 15. The zero-order chi connectivity index (χ0) is 97.7. The Bertz CT molecular complexity index is 4410. The minimum absolute atomic E-state index is 0.0152. The number of aryl methyl sites for hydroxylation is 1. The first-order valence-electron chi connectivity index (χ1n) is 46.5. The number of primary amides is 1. The molecule has 2 aliphatic rings. The number of carbonyl (C=O) groups is 16. The number of ketones is 1. The summed E-state index contributed by atoms with van der Waals surface area (Å²) < 4.78 is 10.8. The first-order valence-corrected chi connectivity index (χ1v) is 46.5. The van der Waals surface area contributed by atoms with Crippen LogP contribution in [-0.2, 0) is 105 Å². The van der Waals surface area contributed by atoms with Gasteiger partial charge < -0.3 is 126 Å². The van der Waals surface area contributed by atoms with E-state index in [1.807, 2.05) is 18.2 Å². The van der Waals surface area contributed by atoms with Crippen molar-refractivity contribution in [1.29, 1.82) is 5.41 Å². The van der Waals surface area contributed by atoms with Crippen LogP contribution in [0.4, 0.5) is 0 Å². The number of fused-ring (bicyclic) bond motifs is 2. The molecule has 13 atom stereocenters. The number of tetrazole rings is 1. The van der Waals surface area contributed by atoms with Gasteiger partial charge >= 0.3 is 0 Å². The van der Waals surface area contributed by atoms with Crippen LogP contribution in [0, 0.1) is 5.41 Å². The maximum atomic E-state index is 15.3. The molecule has 45 nitrogen and oxygen atoms in total. The maximum absolute atomic E-state index is 15.3. The average Bonchev–Trinajstić information content (AvgIpc) is 1.67. The molecule has 2 aliphatic heterocycles. The highest BCUT2D eigenvalue weighted by Gasteiger charge is 2.44. The van der Waals surface area contributed by atoms with E-state index in [-0.39, 0.29) is 109 Å². The molecule has 2 fully saturated rings. The van der Waals surface area contributed by atoms with E-state index in [4.69, 9.17) is 32.1 Å². The number of aromatic nitrogens is 5. The predicted octanol–water partition coefficient (Wildman–Crippen LogP) is -3.03. The van der Waals surface area contributed by atoms with E-state index in [2.05, 4.69) is 100 Å². The van der Waals surface area contributed by atoms with E-state index in [0.29, 0.717) is 24.0 Å². The Balaban J connectivity index is 1.04. The van der Waals surface area contributed by atoms with E-state index in [9.17, 15) is 87.2 Å². The van der Waals surface area contributed by atoms with Crippen molar-refractivity contribution in [3.05, 3.63) is 77.7 Å². The Morgan fingerprint density at radius 3 is 1.90 bits per heavy atom. The topological polar surface area (TPSA) is 696 Å². The van der Waals surface area contributed by atoms with Gasteiger partial charge in [0.15, 0.2) is 11.7 Å². The van der Waals surface area contributed by atoms with Crippen LogP contribution in [0.25, 0.3) is 10.9 Å². The number of guanidine groups is 1. The van der Waals surface area contributed by atoms with Crippen molar-refractivity contribution in [2.45, 2.75) is 292 Å². The van der Waals surface area contributed by atoms with Crippen LogP contribution in [-0.4, -0.2) is 297 Å². The Kier molecular flexibility index (Phi) is 50.8. The van der Waals surface area contributed by atoms with Gasteiger partial charge in [0.2, 0.25) is 88.6 Å². The number of H-pyrrole nitrogens is 2. The van der Waals surface area contributed by atoms with Gasteiger partial charge in [0.25, 0.3) is 0 Å². The summed E-state index contributed by atoms with van der Waals surface area (Å²) in [5.74, 6) is -13.6. The Hall–Kier alpha value is -12.2. The van der Waals surface area contributed by atoms with Gasteiger partial charge in [-0.3, -0.25) is 82.1 Å². The zero-order valence-electron chi connectivity index (χ0n) is 77.0. The van der Waals surface area contributed by atoms with Gasteiger partial charge in [0.05, 0.1) is 51.2 Å². The number of hydrogen-bond acceptors (Lipinski definition) is 26. The minimum Gasteiger partial charge on any atom is -0.394 e. The van der Waals surface area contributed by atoms with Crippen molar-refractivity contribution in [1.82, 2.24) is 105 Å². The number of para-hydroxylation sites is 1. The molecule has 0 radical (unpaired) electrons. The number of Topliss-reactive ketones (excluding diaryl/α,β-unsaturated/α-hetero) is 1. The molecule has 4 aromatic rings. The fourth-order valence-electron chi connectivity index (χ4n) is 15.3. The molecule has 26 N–H and O–H groups in total. The number of benzene rings is 2. The molecule has 6 rings (SSSR count). The number of aliphatic hydroxyl groups excluding tert-OH is 3. The number of hydrogen-bond donors (Lipinski definition) is 23. The number of nitrogens with one attached hydrogen (secondary N) is 17. The highest BCUT2D eigenvalue weighted by atomic mass is 16.5. The van der Waals surface area contributed by atoms with Gasteiger partial charge in [0, 0.05) is 94.8 Å². The van der Waals surface area contributed by atoms with Crippen LogP contribution in [0.5, 0.6) is 0 Å². The van der Waals surface area contributed by atoms with E-state index >= 15 is 4.79 Å². The molecule has 45 heteroatoms. The van der Waals surface area contributed by atoms with Crippen LogP contribution in [0.1, 0.15) is 211 Å². The Morgan fingerprint density at radius 1 is 0.619 bits per heavy atom. The maximum Gasteiger partial charge on any atom is 0.246 e. The lowest BCUT2D eigenvalue weighted by molar-refractivity contribution is -0.143. The molecule has 15 amide bonds. The molecule has 2 aromatic heterocycles. The number of ether oxygens (including phenoxy) is 2. The van der Waals surface area contributed by atoms with E-state index in [1.54, 1.807) is 49.5 Å². The molecule has 0 saturated carbocycles. The first kappa shape index (κ1) is 111. The number of carbonyl (C=O) groups excluding carboxylic acids is 16. The highest BCUT2D eigenvalue weighted by Crippen LogP contribution is 2.24. The lowest BCUT2D eigenvalue weighted by Crippen LogP contribution is -2.62. The summed E-state index contributed by atoms with van der Waals surface area (Å²) in [5.41, 5.74) is 18.9. The summed E-state index contributed by atoms with van der Waals surface area (Å²) in [5, 5.41) is 90.9. The largest absolute Gasteiger partial charge is 0.394 e. The van der Waals surface area contributed by atoms with E-state index < -0.39 is 232 Å². The number of unbranched alkanes of at least 4 members (excludes halogenated alkanes) is 13. The quantitative estimate of drug-likeness (QED) is 0.0119. The van der Waals surface area contributed by atoms with Crippen LogP contribution >= 0.6 is 0 Å². The fourth-order valence-corrected chi connectivity index (χ4v) is 15.3. The predicted molar refractivity (Wildman–Crippen MR) is 489 cm³/mol. The van der Waals surface area contributed by atoms with Gasteiger partial charge in [-0.05, 0) is 106 Å². The summed E-state index contributed by atoms with van der Waals surface area (Å²) in [4.78, 5) is 227. The van der Waals surface area contributed by atoms with Gasteiger partial charge in [-0.15, -0.1) is 5.10 Å². The SMILES string of the molecule is CCCC[C@H](NC(=O)[C@H](CO)NC(=O)[C@H](CN)NC(=O)[C@H](CCC(N)=O)NC(=O)[C@@H](NC(=O)CNC(=O)COCCOCCNC(=O)CCCCCCCCCCCCCCCc1nnn[nH]1)[C@@H](C)O)C(=O)N[C@H]1CCC(=O)NCCCC[C@@H](C(C)=O)NC(=O)[C@H](Cc2c[nH]c3ccccc23)NC(=O)[C@H](CCCNC(=N)N)NC(=O)[C@@H](Cc2ccccc2)NC(=O)[C@@H]2C[C@@H](O)CN2C1=O. The lowest BCUT2D eigenvalue weighted by atomic mass is 10.0. The second kappa shape index (κ2) is 61.6. The summed E-state index contributed by atoms with van der Waals surface area (Å²) in [6, 6.07) is -1.81. The summed E-state index contributed by atoms with van der Waals surface area (Å²) in [7, 11) is 0. The summed E-state index contributed by atoms with van der Waals surface area (Å²) in [6.45, 7) is 1.21. The van der Waals surface area contributed by atoms with Crippen molar-refractivity contribution in [3.8, 4) is 0 Å². The monoisotopic (exact) mass is 1880 g/mol. The minimum atomic E-state index is -1.91. The molecule has 4 heterocycles. The molecular formula is C89H140N24O21. The van der Waals surface area contributed by atoms with Crippen LogP contribution in [0.15, 0.2) is 60.8 Å². The van der Waals surface area contributed by atoms with Gasteiger partial charge in [-0.2, -0.15) is 0 Å². The van der Waals surface area contributed by atoms with Crippen molar-refractivity contribution >= 4 is 111 Å². The molecule has 0 aliphatic carbocycles. The lowest BCUT2D eigenvalue weighted by Gasteiger charge is -2.31. The molecule has 0 unspecified atom stereocenters. The Labute approximate surface area is 779 Å². The van der Waals surface area contributed by atoms with Gasteiger partial charge in [-0.1, -0.05) is 139 Å². The third kappa shape index (κ3) is 41.5. The van der Waals surface area contributed by atoms with Crippen molar-refractivity contribution < 1.29 is 102 Å². The van der Waals surface area contributed by atoms with Crippen molar-refractivity contribution in [2.24, 2.45) is 17.2 Å². The summed E-state index contributed by atoms with van der Waals surface area (Å²) in [6.07, 6.45) is 13.2. The highest BCUT2D eigenvalue weighted by molar-refractivity contribution is 6.01. The molecule has 0 spiro atoms. The third-order valence-corrected chi connectivity index (χ3v) is 22.8. The molecule has 2 aromatic carbocycles. The van der Waals surface area contributed by atoms with Crippen LogP contribution < -0.4 is 91.6 Å². The number of aliphatic hydroxyl groups is 3. The van der Waals surface area contributed by atoms with Crippen LogP contribution in [0.3, 0.4) is 0 Å². The van der Waals surface area contributed by atoms with E-state index in [1.165, 1.54) is 58.3 Å². The fraction of sp³-hybridized carbons (Fsp3) is 0.640. The molecule has 2 saturated heterocycles. The smallest absolute Gasteiger partial charge is 0.246 e. The molecule has 134 heavy (non-hydrogen) atoms. The number of aromatic amines is 2. The molecule has 0 bridgehead atoms. The zero-order valence-corrected chi connectivity index (χ0v) is 77.0. The Morgan fingerprint density at radius 2 is 1.23 bits per heavy atom. The average molecular weight is 1880 g/mol. The normalized spacial score (nSPS) is 19.1. The third-order valence-electron chi connectivity index (χ3n) is 22.8. The summed E-state index contributed by atoms with van der Waals surface area (Å²) >= 11 is 0. The van der Waals surface area contributed by atoms with Crippen LogP contribution in [0.2, 0.25) is 0 Å². The van der Waals surface area contributed by atoms with Gasteiger partial charge in [0.1, 0.15) is 72.8 Å². The van der Waals surface area contributed by atoms with E-state index in [0.717, 1.165) is 67.1 Å². The second-order valence-electron chi connectivity index (χ2n) is 33.8. The number of rotatable bonds is 55.